The molecule has 0 spiro atoms. The number of alkyl halides is 1. The minimum atomic E-state index is -0.949. The van der Waals surface area contributed by atoms with Gasteiger partial charge in [-0.2, -0.15) is 0 Å². The van der Waals surface area contributed by atoms with E-state index >= 15 is 0 Å². The average molecular weight is 482 g/mol. The van der Waals surface area contributed by atoms with Crippen molar-refractivity contribution in [3.8, 4) is 16.9 Å². The Hall–Kier alpha value is -2.64. The fourth-order valence-corrected chi connectivity index (χ4v) is 4.21. The molecule has 1 saturated heterocycles. The van der Waals surface area contributed by atoms with Crippen LogP contribution in [0.4, 0.5) is 8.78 Å². The molecule has 168 valence electrons. The van der Waals surface area contributed by atoms with Gasteiger partial charge in [-0.3, -0.25) is 4.79 Å². The molecule has 0 N–H and O–H groups in total. The van der Waals surface area contributed by atoms with Crippen LogP contribution in [-0.2, 0) is 4.79 Å². The van der Waals surface area contributed by atoms with E-state index in [-0.39, 0.29) is 33.0 Å². The van der Waals surface area contributed by atoms with Gasteiger partial charge in [0.2, 0.25) is 0 Å². The van der Waals surface area contributed by atoms with E-state index in [9.17, 15) is 18.4 Å². The lowest BCUT2D eigenvalue weighted by Gasteiger charge is -2.31. The molecule has 0 saturated carbocycles. The molecule has 1 fully saturated rings. The molecule has 5 nitrogen and oxygen atoms in total. The first kappa shape index (κ1) is 22.6. The third-order valence-corrected chi connectivity index (χ3v) is 6.16. The zero-order valence-corrected chi connectivity index (χ0v) is 18.6. The lowest BCUT2D eigenvalue weighted by atomic mass is 10.0. The molecule has 9 heteroatoms. The molecule has 4 rings (SSSR count). The molecular formula is C23H19Cl2F2NO4. The molecule has 1 amide bonds. The summed E-state index contributed by atoms with van der Waals surface area (Å²) in [5, 5.41) is 0.364. The maximum atomic E-state index is 14.9. The SMILES string of the molecule is C[C@@H](Oc1cc2oc(=O)cc(-c3ccc(F)cc3Cl)c2cc1F)C(=O)N1CCC(Cl)CC1. The van der Waals surface area contributed by atoms with E-state index in [1.165, 1.54) is 25.1 Å². The van der Waals surface area contributed by atoms with Gasteiger partial charge in [0.1, 0.15) is 11.4 Å². The van der Waals surface area contributed by atoms with Crippen molar-refractivity contribution in [1.82, 2.24) is 4.90 Å². The van der Waals surface area contributed by atoms with E-state index < -0.39 is 23.4 Å². The van der Waals surface area contributed by atoms with E-state index in [1.54, 1.807) is 4.90 Å². The van der Waals surface area contributed by atoms with Crippen molar-refractivity contribution >= 4 is 40.1 Å². The van der Waals surface area contributed by atoms with Gasteiger partial charge in [-0.1, -0.05) is 11.6 Å². The van der Waals surface area contributed by atoms with E-state index in [0.29, 0.717) is 37.1 Å². The summed E-state index contributed by atoms with van der Waals surface area (Å²) < 4.78 is 39.2. The second-order valence-corrected chi connectivity index (χ2v) is 8.67. The van der Waals surface area contributed by atoms with Crippen LogP contribution in [0.1, 0.15) is 19.8 Å². The van der Waals surface area contributed by atoms with Gasteiger partial charge in [0.25, 0.3) is 5.91 Å². The fourth-order valence-electron chi connectivity index (χ4n) is 3.75. The predicted octanol–water partition coefficient (Wildman–Crippen LogP) is 5.39. The van der Waals surface area contributed by atoms with Crippen molar-refractivity contribution in [3.63, 3.8) is 0 Å². The molecule has 1 atom stereocenters. The molecule has 2 aromatic carbocycles. The third kappa shape index (κ3) is 4.59. The van der Waals surface area contributed by atoms with Crippen molar-refractivity contribution in [1.29, 1.82) is 0 Å². The maximum absolute atomic E-state index is 14.9. The minimum absolute atomic E-state index is 0.0416. The van der Waals surface area contributed by atoms with Crippen LogP contribution in [0.5, 0.6) is 5.75 Å². The maximum Gasteiger partial charge on any atom is 0.336 e. The van der Waals surface area contributed by atoms with Gasteiger partial charge >= 0.3 is 5.63 Å². The summed E-state index contributed by atoms with van der Waals surface area (Å²) in [4.78, 5) is 26.4. The van der Waals surface area contributed by atoms with Gasteiger partial charge in [0, 0.05) is 47.1 Å². The summed E-state index contributed by atoms with van der Waals surface area (Å²) in [6.45, 7) is 2.55. The number of rotatable bonds is 4. The number of carbonyl (C=O) groups excluding carboxylic acids is 1. The summed E-state index contributed by atoms with van der Waals surface area (Å²) in [7, 11) is 0. The van der Waals surface area contributed by atoms with Crippen LogP contribution in [0, 0.1) is 11.6 Å². The zero-order valence-electron chi connectivity index (χ0n) is 17.0. The largest absolute Gasteiger partial charge is 0.478 e. The Morgan fingerprint density at radius 1 is 1.16 bits per heavy atom. The van der Waals surface area contributed by atoms with Crippen molar-refractivity contribution in [2.75, 3.05) is 13.1 Å². The number of halogens is 4. The number of hydrogen-bond donors (Lipinski definition) is 0. The fraction of sp³-hybridized carbons (Fsp3) is 0.304. The van der Waals surface area contributed by atoms with E-state index in [4.69, 9.17) is 32.4 Å². The predicted molar refractivity (Wildman–Crippen MR) is 118 cm³/mol. The second kappa shape index (κ2) is 9.08. The number of benzene rings is 2. The Morgan fingerprint density at radius 2 is 1.88 bits per heavy atom. The number of carbonyl (C=O) groups is 1. The number of hydrogen-bond acceptors (Lipinski definition) is 4. The molecule has 0 bridgehead atoms. The Labute approximate surface area is 192 Å². The van der Waals surface area contributed by atoms with Gasteiger partial charge in [-0.05, 0) is 44.0 Å². The summed E-state index contributed by atoms with van der Waals surface area (Å²) >= 11 is 12.2. The Kier molecular flexibility index (Phi) is 6.40. The number of amides is 1. The lowest BCUT2D eigenvalue weighted by Crippen LogP contribution is -2.45. The highest BCUT2D eigenvalue weighted by Crippen LogP contribution is 2.35. The van der Waals surface area contributed by atoms with E-state index in [1.807, 2.05) is 0 Å². The molecule has 2 heterocycles. The van der Waals surface area contributed by atoms with Gasteiger partial charge in [-0.25, -0.2) is 13.6 Å². The first-order chi connectivity index (χ1) is 15.2. The average Bonchev–Trinajstić information content (AvgIpc) is 2.74. The highest BCUT2D eigenvalue weighted by atomic mass is 35.5. The topological polar surface area (TPSA) is 59.8 Å². The van der Waals surface area contributed by atoms with E-state index in [2.05, 4.69) is 0 Å². The van der Waals surface area contributed by atoms with Crippen molar-refractivity contribution < 1.29 is 22.7 Å². The molecule has 1 aliphatic heterocycles. The highest BCUT2D eigenvalue weighted by molar-refractivity contribution is 6.33. The monoisotopic (exact) mass is 481 g/mol. The minimum Gasteiger partial charge on any atom is -0.478 e. The number of fused-ring (bicyclic) bond motifs is 1. The van der Waals surface area contributed by atoms with Gasteiger partial charge in [0.15, 0.2) is 17.7 Å². The Bertz CT molecular complexity index is 1240. The quantitative estimate of drug-likeness (QED) is 0.370. The van der Waals surface area contributed by atoms with Crippen LogP contribution in [0.2, 0.25) is 5.02 Å². The summed E-state index contributed by atoms with van der Waals surface area (Å²) in [5.41, 5.74) is -0.00420. The van der Waals surface area contributed by atoms with Crippen LogP contribution >= 0.6 is 23.2 Å². The summed E-state index contributed by atoms with van der Waals surface area (Å²) in [5.74, 6) is -1.79. The van der Waals surface area contributed by atoms with Crippen molar-refractivity contribution in [2.45, 2.75) is 31.2 Å². The standard InChI is InChI=1S/C23H19Cl2F2NO4/c1-12(23(30)28-6-4-13(24)5-7-28)31-21-11-20-17(9-19(21)27)16(10-22(29)32-20)15-3-2-14(26)8-18(15)25/h2-3,8-13H,4-7H2,1H3/t12-/m1/s1. The van der Waals surface area contributed by atoms with Crippen LogP contribution in [-0.4, -0.2) is 35.4 Å². The zero-order chi connectivity index (χ0) is 23.0. The molecule has 32 heavy (non-hydrogen) atoms. The van der Waals surface area contributed by atoms with Crippen molar-refractivity contribution in [3.05, 3.63) is 63.5 Å². The summed E-state index contributed by atoms with van der Waals surface area (Å²) in [6, 6.07) is 7.22. The van der Waals surface area contributed by atoms with Crippen molar-refractivity contribution in [2.24, 2.45) is 0 Å². The van der Waals surface area contributed by atoms with Gasteiger partial charge in [-0.15, -0.1) is 11.6 Å². The highest BCUT2D eigenvalue weighted by Gasteiger charge is 2.27. The van der Waals surface area contributed by atoms with Gasteiger partial charge < -0.3 is 14.1 Å². The molecule has 1 aromatic heterocycles. The lowest BCUT2D eigenvalue weighted by molar-refractivity contribution is -0.138. The smallest absolute Gasteiger partial charge is 0.336 e. The Balaban J connectivity index is 1.67. The van der Waals surface area contributed by atoms with Gasteiger partial charge in [0.05, 0.1) is 5.02 Å². The second-order valence-electron chi connectivity index (χ2n) is 7.64. The molecular weight excluding hydrogens is 463 g/mol. The molecule has 3 aromatic rings. The van der Waals surface area contributed by atoms with E-state index in [0.717, 1.165) is 18.2 Å². The van der Waals surface area contributed by atoms with Crippen LogP contribution in [0.3, 0.4) is 0 Å². The molecule has 1 aliphatic rings. The molecule has 0 aliphatic carbocycles. The molecule has 0 unspecified atom stereocenters. The first-order valence-corrected chi connectivity index (χ1v) is 10.9. The normalized spacial score (nSPS) is 15.7. The number of ether oxygens (including phenoxy) is 1. The third-order valence-electron chi connectivity index (χ3n) is 5.41. The van der Waals surface area contributed by atoms with Crippen LogP contribution in [0.25, 0.3) is 22.1 Å². The van der Waals surface area contributed by atoms with Crippen LogP contribution in [0.15, 0.2) is 45.6 Å². The number of piperidine rings is 1. The summed E-state index contributed by atoms with van der Waals surface area (Å²) in [6.07, 6.45) is 0.421. The van der Waals surface area contributed by atoms with Crippen LogP contribution < -0.4 is 10.4 Å². The Morgan fingerprint density at radius 3 is 2.56 bits per heavy atom. The first-order valence-electron chi connectivity index (χ1n) is 10.1. The number of likely N-dealkylation sites (tertiary alicyclic amines) is 1. The molecule has 0 radical (unpaired) electrons. The number of nitrogens with zero attached hydrogens (tertiary/aromatic N) is 1.